The Hall–Kier alpha value is -2.11. The van der Waals surface area contributed by atoms with E-state index in [9.17, 15) is 9.90 Å². The van der Waals surface area contributed by atoms with Gasteiger partial charge in [-0.25, -0.2) is 9.97 Å². The highest BCUT2D eigenvalue weighted by Gasteiger charge is 2.16. The van der Waals surface area contributed by atoms with E-state index in [2.05, 4.69) is 14.9 Å². The summed E-state index contributed by atoms with van der Waals surface area (Å²) in [6, 6.07) is 1.47. The van der Waals surface area contributed by atoms with Gasteiger partial charge in [-0.3, -0.25) is 9.36 Å². The van der Waals surface area contributed by atoms with Gasteiger partial charge < -0.3 is 10.0 Å². The second kappa shape index (κ2) is 5.11. The number of rotatable bonds is 2. The van der Waals surface area contributed by atoms with Crippen molar-refractivity contribution in [2.75, 3.05) is 18.0 Å². The number of aromatic nitrogens is 3. The summed E-state index contributed by atoms with van der Waals surface area (Å²) in [5, 5.41) is 10.6. The van der Waals surface area contributed by atoms with Crippen molar-refractivity contribution in [1.82, 2.24) is 14.5 Å². The average Bonchev–Trinajstić information content (AvgIpc) is 2.48. The lowest BCUT2D eigenvalue weighted by atomic mass is 10.1. The lowest BCUT2D eigenvalue weighted by Gasteiger charge is -2.26. The van der Waals surface area contributed by atoms with Crippen LogP contribution in [0.25, 0.3) is 10.9 Å². The van der Waals surface area contributed by atoms with Gasteiger partial charge in [0, 0.05) is 31.9 Å². The van der Waals surface area contributed by atoms with Crippen molar-refractivity contribution in [1.29, 1.82) is 0 Å². The van der Waals surface area contributed by atoms with E-state index in [0.717, 1.165) is 25.9 Å². The Labute approximate surface area is 116 Å². The number of pyridine rings is 1. The lowest BCUT2D eigenvalue weighted by molar-refractivity contribution is 0.418. The van der Waals surface area contributed by atoms with Crippen molar-refractivity contribution in [3.8, 4) is 5.88 Å². The zero-order chi connectivity index (χ0) is 14.1. The second-order valence-electron chi connectivity index (χ2n) is 5.07. The highest BCUT2D eigenvalue weighted by Crippen LogP contribution is 2.23. The molecule has 106 valence electrons. The third kappa shape index (κ3) is 2.11. The molecule has 1 fully saturated rings. The van der Waals surface area contributed by atoms with Crippen molar-refractivity contribution in [2.45, 2.75) is 32.7 Å². The van der Waals surface area contributed by atoms with Crippen molar-refractivity contribution >= 4 is 16.9 Å². The van der Waals surface area contributed by atoms with E-state index in [0.29, 0.717) is 23.4 Å². The molecule has 3 heterocycles. The van der Waals surface area contributed by atoms with Crippen molar-refractivity contribution < 1.29 is 5.11 Å². The summed E-state index contributed by atoms with van der Waals surface area (Å²) in [4.78, 5) is 22.8. The van der Waals surface area contributed by atoms with Gasteiger partial charge in [0.2, 0.25) is 11.8 Å². The molecule has 0 unspecified atom stereocenters. The molecule has 0 amide bonds. The fourth-order valence-electron chi connectivity index (χ4n) is 2.66. The van der Waals surface area contributed by atoms with Gasteiger partial charge in [-0.1, -0.05) is 0 Å². The molecule has 0 saturated carbocycles. The predicted molar refractivity (Wildman–Crippen MR) is 77.2 cm³/mol. The standard InChI is InChI=1S/C14H18N4O2/c1-2-18-12(19)8-11-10(13(18)20)9-15-14(16-11)17-6-4-3-5-7-17/h8-9,20H,2-7H2,1H3. The molecule has 3 rings (SSSR count). The van der Waals surface area contributed by atoms with Crippen LogP contribution in [0.3, 0.4) is 0 Å². The van der Waals surface area contributed by atoms with Gasteiger partial charge in [0.15, 0.2) is 0 Å². The van der Waals surface area contributed by atoms with Crippen LogP contribution in [0.1, 0.15) is 26.2 Å². The van der Waals surface area contributed by atoms with Crippen LogP contribution >= 0.6 is 0 Å². The van der Waals surface area contributed by atoms with Crippen LogP contribution in [-0.2, 0) is 6.54 Å². The second-order valence-corrected chi connectivity index (χ2v) is 5.07. The first-order valence-corrected chi connectivity index (χ1v) is 7.05. The predicted octanol–water partition coefficient (Wildman–Crippen LogP) is 1.51. The van der Waals surface area contributed by atoms with E-state index in [-0.39, 0.29) is 11.4 Å². The van der Waals surface area contributed by atoms with Crippen LogP contribution in [-0.4, -0.2) is 32.7 Å². The zero-order valence-electron chi connectivity index (χ0n) is 11.5. The van der Waals surface area contributed by atoms with Crippen LogP contribution in [0.5, 0.6) is 5.88 Å². The molecule has 0 bridgehead atoms. The normalized spacial score (nSPS) is 15.8. The Morgan fingerprint density at radius 3 is 2.75 bits per heavy atom. The van der Waals surface area contributed by atoms with Crippen LogP contribution < -0.4 is 10.5 Å². The molecule has 0 atom stereocenters. The molecule has 6 nitrogen and oxygen atoms in total. The Kier molecular flexibility index (Phi) is 3.30. The molecule has 20 heavy (non-hydrogen) atoms. The Bertz CT molecular complexity index is 689. The minimum atomic E-state index is -0.235. The number of fused-ring (bicyclic) bond motifs is 1. The van der Waals surface area contributed by atoms with Crippen LogP contribution in [0.2, 0.25) is 0 Å². The zero-order valence-corrected chi connectivity index (χ0v) is 11.5. The van der Waals surface area contributed by atoms with Crippen molar-refractivity contribution in [3.63, 3.8) is 0 Å². The SMILES string of the molecule is CCn1c(O)c2cnc(N3CCCCC3)nc2cc1=O. The molecule has 0 radical (unpaired) electrons. The largest absolute Gasteiger partial charge is 0.494 e. The van der Waals surface area contributed by atoms with E-state index in [1.165, 1.54) is 17.1 Å². The third-order valence-corrected chi connectivity index (χ3v) is 3.78. The van der Waals surface area contributed by atoms with Gasteiger partial charge in [0.25, 0.3) is 5.56 Å². The number of anilines is 1. The van der Waals surface area contributed by atoms with E-state index in [1.807, 2.05) is 6.92 Å². The molecular formula is C14H18N4O2. The van der Waals surface area contributed by atoms with E-state index in [4.69, 9.17) is 0 Å². The molecule has 0 spiro atoms. The minimum Gasteiger partial charge on any atom is -0.494 e. The fourth-order valence-corrected chi connectivity index (χ4v) is 2.66. The smallest absolute Gasteiger partial charge is 0.255 e. The van der Waals surface area contributed by atoms with Gasteiger partial charge in [0.1, 0.15) is 0 Å². The maximum atomic E-state index is 11.9. The molecule has 0 aromatic carbocycles. The number of aromatic hydroxyl groups is 1. The average molecular weight is 274 g/mol. The number of nitrogens with zero attached hydrogens (tertiary/aromatic N) is 4. The van der Waals surface area contributed by atoms with Gasteiger partial charge >= 0.3 is 0 Å². The summed E-state index contributed by atoms with van der Waals surface area (Å²) < 4.78 is 1.31. The first kappa shape index (κ1) is 12.9. The molecular weight excluding hydrogens is 256 g/mol. The van der Waals surface area contributed by atoms with Crippen LogP contribution in [0, 0.1) is 0 Å². The maximum Gasteiger partial charge on any atom is 0.255 e. The summed E-state index contributed by atoms with van der Waals surface area (Å²) >= 11 is 0. The maximum absolute atomic E-state index is 11.9. The van der Waals surface area contributed by atoms with Crippen LogP contribution in [0.15, 0.2) is 17.1 Å². The molecule has 1 N–H and O–H groups in total. The van der Waals surface area contributed by atoms with Gasteiger partial charge in [-0.05, 0) is 26.2 Å². The molecule has 2 aromatic rings. The highest BCUT2D eigenvalue weighted by atomic mass is 16.3. The summed E-state index contributed by atoms with van der Waals surface area (Å²) in [5.41, 5.74) is 0.272. The number of hydrogen-bond donors (Lipinski definition) is 1. The molecule has 2 aromatic heterocycles. The molecule has 1 aliphatic heterocycles. The van der Waals surface area contributed by atoms with Gasteiger partial charge in [0.05, 0.1) is 10.9 Å². The highest BCUT2D eigenvalue weighted by molar-refractivity contribution is 5.83. The third-order valence-electron chi connectivity index (χ3n) is 3.78. The topological polar surface area (TPSA) is 71.2 Å². The number of hydrogen-bond acceptors (Lipinski definition) is 5. The Morgan fingerprint density at radius 1 is 1.30 bits per heavy atom. The fraction of sp³-hybridized carbons (Fsp3) is 0.500. The Morgan fingerprint density at radius 2 is 2.05 bits per heavy atom. The van der Waals surface area contributed by atoms with Gasteiger partial charge in [-0.2, -0.15) is 0 Å². The minimum absolute atomic E-state index is 0.0554. The summed E-state index contributed by atoms with van der Waals surface area (Å²) in [5.74, 6) is 0.588. The van der Waals surface area contributed by atoms with Crippen LogP contribution in [0.4, 0.5) is 5.95 Å². The summed E-state index contributed by atoms with van der Waals surface area (Å²) in [7, 11) is 0. The van der Waals surface area contributed by atoms with Gasteiger partial charge in [-0.15, -0.1) is 0 Å². The van der Waals surface area contributed by atoms with Crippen molar-refractivity contribution in [2.24, 2.45) is 0 Å². The number of piperidine rings is 1. The molecule has 6 heteroatoms. The van der Waals surface area contributed by atoms with E-state index in [1.54, 1.807) is 6.20 Å². The van der Waals surface area contributed by atoms with Crippen molar-refractivity contribution in [3.05, 3.63) is 22.6 Å². The van der Waals surface area contributed by atoms with E-state index >= 15 is 0 Å². The lowest BCUT2D eigenvalue weighted by Crippen LogP contribution is -2.31. The first-order valence-electron chi connectivity index (χ1n) is 7.05. The summed E-state index contributed by atoms with van der Waals surface area (Å²) in [6.45, 7) is 4.14. The molecule has 1 saturated heterocycles. The first-order chi connectivity index (χ1) is 9.70. The monoisotopic (exact) mass is 274 g/mol. The summed E-state index contributed by atoms with van der Waals surface area (Å²) in [6.07, 6.45) is 5.13. The Balaban J connectivity index is 2.09. The molecule has 1 aliphatic rings. The van der Waals surface area contributed by atoms with E-state index < -0.39 is 0 Å². The molecule has 0 aliphatic carbocycles. The quantitative estimate of drug-likeness (QED) is 0.898.